The molecule has 0 aliphatic carbocycles. The van der Waals surface area contributed by atoms with Gasteiger partial charge in [0.2, 0.25) is 0 Å². The number of hydrogen-bond donors (Lipinski definition) is 1. The van der Waals surface area contributed by atoms with Crippen LogP contribution < -0.4 is 10.6 Å². The first-order chi connectivity index (χ1) is 9.13. The Labute approximate surface area is 113 Å². The van der Waals surface area contributed by atoms with E-state index in [2.05, 4.69) is 6.92 Å². The molecular formula is C16H18N2O. The van der Waals surface area contributed by atoms with Gasteiger partial charge in [-0.05, 0) is 36.2 Å². The zero-order chi connectivity index (χ0) is 13.8. The Morgan fingerprint density at radius 2 is 1.74 bits per heavy atom. The minimum Gasteiger partial charge on any atom is -0.397 e. The Bertz CT molecular complexity index is 576. The van der Waals surface area contributed by atoms with Crippen molar-refractivity contribution >= 4 is 17.3 Å². The van der Waals surface area contributed by atoms with E-state index in [-0.39, 0.29) is 5.91 Å². The average Bonchev–Trinajstić information content (AvgIpc) is 2.46. The first-order valence-corrected chi connectivity index (χ1v) is 6.35. The van der Waals surface area contributed by atoms with Crippen LogP contribution in [0.3, 0.4) is 0 Å². The largest absolute Gasteiger partial charge is 0.397 e. The molecule has 0 fully saturated rings. The molecule has 2 N–H and O–H groups in total. The number of benzene rings is 2. The molecular weight excluding hydrogens is 236 g/mol. The predicted molar refractivity (Wildman–Crippen MR) is 79.4 cm³/mol. The summed E-state index contributed by atoms with van der Waals surface area (Å²) in [6.45, 7) is 2.09. The average molecular weight is 254 g/mol. The number of rotatable bonds is 3. The molecule has 0 aromatic heterocycles. The summed E-state index contributed by atoms with van der Waals surface area (Å²) < 4.78 is 0. The third kappa shape index (κ3) is 2.76. The fraction of sp³-hybridized carbons (Fsp3) is 0.188. The van der Waals surface area contributed by atoms with E-state index in [1.165, 1.54) is 5.56 Å². The Hall–Kier alpha value is -2.29. The number of aryl methyl sites for hydroxylation is 1. The third-order valence-corrected chi connectivity index (χ3v) is 3.21. The standard InChI is InChI=1S/C16H18N2O/c1-3-12-8-10-13(11-9-12)16(19)18(2)15-7-5-4-6-14(15)17/h4-11H,3,17H2,1-2H3. The summed E-state index contributed by atoms with van der Waals surface area (Å²) in [7, 11) is 1.74. The second-order valence-corrected chi connectivity index (χ2v) is 4.47. The molecule has 0 spiro atoms. The van der Waals surface area contributed by atoms with Gasteiger partial charge in [0.05, 0.1) is 11.4 Å². The van der Waals surface area contributed by atoms with E-state index in [4.69, 9.17) is 5.73 Å². The minimum absolute atomic E-state index is 0.0550. The topological polar surface area (TPSA) is 46.3 Å². The number of nitrogens with zero attached hydrogens (tertiary/aromatic N) is 1. The van der Waals surface area contributed by atoms with Crippen molar-refractivity contribution in [3.05, 3.63) is 59.7 Å². The molecule has 2 rings (SSSR count). The van der Waals surface area contributed by atoms with E-state index >= 15 is 0 Å². The van der Waals surface area contributed by atoms with Gasteiger partial charge in [0, 0.05) is 12.6 Å². The molecule has 0 radical (unpaired) electrons. The molecule has 19 heavy (non-hydrogen) atoms. The van der Waals surface area contributed by atoms with Crippen LogP contribution in [0.25, 0.3) is 0 Å². The van der Waals surface area contributed by atoms with E-state index in [0.717, 1.165) is 12.1 Å². The van der Waals surface area contributed by atoms with Gasteiger partial charge < -0.3 is 10.6 Å². The number of amides is 1. The molecule has 1 amide bonds. The third-order valence-electron chi connectivity index (χ3n) is 3.21. The van der Waals surface area contributed by atoms with Crippen molar-refractivity contribution < 1.29 is 4.79 Å². The minimum atomic E-state index is -0.0550. The van der Waals surface area contributed by atoms with Gasteiger partial charge in [-0.2, -0.15) is 0 Å². The Kier molecular flexibility index (Phi) is 3.85. The van der Waals surface area contributed by atoms with Crippen molar-refractivity contribution in [2.45, 2.75) is 13.3 Å². The van der Waals surface area contributed by atoms with Gasteiger partial charge in [-0.25, -0.2) is 0 Å². The van der Waals surface area contributed by atoms with Gasteiger partial charge in [0.25, 0.3) is 5.91 Å². The summed E-state index contributed by atoms with van der Waals surface area (Å²) in [4.78, 5) is 13.9. The molecule has 0 bridgehead atoms. The molecule has 0 unspecified atom stereocenters. The normalized spacial score (nSPS) is 10.2. The lowest BCUT2D eigenvalue weighted by Gasteiger charge is -2.19. The second kappa shape index (κ2) is 5.57. The lowest BCUT2D eigenvalue weighted by Crippen LogP contribution is -2.26. The number of hydrogen-bond acceptors (Lipinski definition) is 2. The van der Waals surface area contributed by atoms with Crippen LogP contribution in [0.5, 0.6) is 0 Å². The van der Waals surface area contributed by atoms with Crippen LogP contribution in [0.2, 0.25) is 0 Å². The fourth-order valence-electron chi connectivity index (χ4n) is 1.98. The molecule has 2 aromatic rings. The molecule has 0 saturated carbocycles. The summed E-state index contributed by atoms with van der Waals surface area (Å²) in [6, 6.07) is 15.0. The smallest absolute Gasteiger partial charge is 0.258 e. The summed E-state index contributed by atoms with van der Waals surface area (Å²) >= 11 is 0. The number of carbonyl (C=O) groups excluding carboxylic acids is 1. The molecule has 98 valence electrons. The van der Waals surface area contributed by atoms with Crippen molar-refractivity contribution in [1.82, 2.24) is 0 Å². The highest BCUT2D eigenvalue weighted by molar-refractivity contribution is 6.07. The quantitative estimate of drug-likeness (QED) is 0.855. The molecule has 2 aromatic carbocycles. The van der Waals surface area contributed by atoms with E-state index in [0.29, 0.717) is 11.3 Å². The monoisotopic (exact) mass is 254 g/mol. The molecule has 3 heteroatoms. The lowest BCUT2D eigenvalue weighted by atomic mass is 10.1. The summed E-state index contributed by atoms with van der Waals surface area (Å²) in [5.74, 6) is -0.0550. The van der Waals surface area contributed by atoms with Crippen LogP contribution in [0.1, 0.15) is 22.8 Å². The predicted octanol–water partition coefficient (Wildman–Crippen LogP) is 3.11. The maximum atomic E-state index is 12.4. The molecule has 0 saturated heterocycles. The number of carbonyl (C=O) groups is 1. The fourth-order valence-corrected chi connectivity index (χ4v) is 1.98. The lowest BCUT2D eigenvalue weighted by molar-refractivity contribution is 0.0993. The highest BCUT2D eigenvalue weighted by Gasteiger charge is 2.14. The van der Waals surface area contributed by atoms with Crippen LogP contribution >= 0.6 is 0 Å². The number of nitrogens with two attached hydrogens (primary N) is 1. The van der Waals surface area contributed by atoms with Gasteiger partial charge in [-0.15, -0.1) is 0 Å². The Balaban J connectivity index is 2.26. The molecule has 3 nitrogen and oxygen atoms in total. The molecule has 0 aliphatic heterocycles. The second-order valence-electron chi connectivity index (χ2n) is 4.47. The van der Waals surface area contributed by atoms with Crippen LogP contribution in [-0.2, 0) is 6.42 Å². The highest BCUT2D eigenvalue weighted by Crippen LogP contribution is 2.22. The molecule has 0 heterocycles. The zero-order valence-electron chi connectivity index (χ0n) is 11.3. The first-order valence-electron chi connectivity index (χ1n) is 6.35. The summed E-state index contributed by atoms with van der Waals surface area (Å²) in [5, 5.41) is 0. The van der Waals surface area contributed by atoms with Crippen molar-refractivity contribution in [2.24, 2.45) is 0 Å². The molecule has 0 aliphatic rings. The van der Waals surface area contributed by atoms with Crippen LogP contribution in [-0.4, -0.2) is 13.0 Å². The molecule has 0 atom stereocenters. The van der Waals surface area contributed by atoms with Crippen LogP contribution in [0, 0.1) is 0 Å². The van der Waals surface area contributed by atoms with Crippen molar-refractivity contribution in [1.29, 1.82) is 0 Å². The van der Waals surface area contributed by atoms with Gasteiger partial charge >= 0.3 is 0 Å². The van der Waals surface area contributed by atoms with Crippen molar-refractivity contribution in [3.63, 3.8) is 0 Å². The van der Waals surface area contributed by atoms with E-state index in [1.807, 2.05) is 42.5 Å². The zero-order valence-corrected chi connectivity index (χ0v) is 11.3. The van der Waals surface area contributed by atoms with Crippen molar-refractivity contribution in [3.8, 4) is 0 Å². The van der Waals surface area contributed by atoms with Gasteiger partial charge in [-0.1, -0.05) is 31.2 Å². The number of para-hydroxylation sites is 2. The Morgan fingerprint density at radius 3 is 2.32 bits per heavy atom. The van der Waals surface area contributed by atoms with Gasteiger partial charge in [0.1, 0.15) is 0 Å². The Morgan fingerprint density at radius 1 is 1.11 bits per heavy atom. The number of nitrogen functional groups attached to an aromatic ring is 1. The van der Waals surface area contributed by atoms with E-state index in [1.54, 1.807) is 18.0 Å². The SMILES string of the molecule is CCc1ccc(C(=O)N(C)c2ccccc2N)cc1. The summed E-state index contributed by atoms with van der Waals surface area (Å²) in [6.07, 6.45) is 0.968. The van der Waals surface area contributed by atoms with E-state index < -0.39 is 0 Å². The van der Waals surface area contributed by atoms with E-state index in [9.17, 15) is 4.79 Å². The maximum absolute atomic E-state index is 12.4. The summed E-state index contributed by atoms with van der Waals surface area (Å²) in [5.41, 5.74) is 9.11. The first kappa shape index (κ1) is 13.1. The van der Waals surface area contributed by atoms with Gasteiger partial charge in [0.15, 0.2) is 0 Å². The van der Waals surface area contributed by atoms with Crippen LogP contribution in [0.15, 0.2) is 48.5 Å². The highest BCUT2D eigenvalue weighted by atomic mass is 16.2. The van der Waals surface area contributed by atoms with Crippen LogP contribution in [0.4, 0.5) is 11.4 Å². The number of anilines is 2. The van der Waals surface area contributed by atoms with Crippen molar-refractivity contribution in [2.75, 3.05) is 17.7 Å². The van der Waals surface area contributed by atoms with Gasteiger partial charge in [-0.3, -0.25) is 4.79 Å². The maximum Gasteiger partial charge on any atom is 0.258 e.